The molecule has 0 fully saturated rings. The number of ketones is 1. The van der Waals surface area contributed by atoms with Gasteiger partial charge in [0.15, 0.2) is 5.78 Å². The Morgan fingerprint density at radius 2 is 2.31 bits per heavy atom. The van der Waals surface area contributed by atoms with Crippen LogP contribution in [-0.4, -0.2) is 23.3 Å². The third-order valence-electron chi connectivity index (χ3n) is 2.93. The number of H-pyrrole nitrogens is 1. The number of aryl methyl sites for hydroxylation is 1. The smallest absolute Gasteiger partial charge is 0.302 e. The van der Waals surface area contributed by atoms with Crippen LogP contribution in [0.3, 0.4) is 0 Å². The number of esters is 1. The number of hydrogen-bond acceptors (Lipinski definition) is 3. The van der Waals surface area contributed by atoms with E-state index in [4.69, 9.17) is 4.74 Å². The van der Waals surface area contributed by atoms with Gasteiger partial charge in [0, 0.05) is 36.7 Å². The largest absolute Gasteiger partial charge is 0.466 e. The fourth-order valence-corrected chi connectivity index (χ4v) is 2.21. The van der Waals surface area contributed by atoms with Crippen LogP contribution < -0.4 is 0 Å². The van der Waals surface area contributed by atoms with Gasteiger partial charge in [-0.1, -0.05) is 0 Å². The first-order valence-electron chi connectivity index (χ1n) is 5.41. The zero-order chi connectivity index (χ0) is 11.7. The van der Waals surface area contributed by atoms with Gasteiger partial charge >= 0.3 is 5.97 Å². The number of rotatable bonds is 2. The normalized spacial score (nSPS) is 19.4. The topological polar surface area (TPSA) is 59.2 Å². The van der Waals surface area contributed by atoms with Gasteiger partial charge in [-0.2, -0.15) is 0 Å². The Kier molecular flexibility index (Phi) is 2.81. The van der Waals surface area contributed by atoms with Crippen molar-refractivity contribution in [2.75, 3.05) is 6.61 Å². The van der Waals surface area contributed by atoms with Crippen LogP contribution in [0, 0.1) is 12.8 Å². The molecule has 0 aliphatic heterocycles. The van der Waals surface area contributed by atoms with Gasteiger partial charge in [0.2, 0.25) is 0 Å². The number of ether oxygens (including phenoxy) is 1. The highest BCUT2D eigenvalue weighted by Gasteiger charge is 2.28. The molecule has 2 rings (SSSR count). The van der Waals surface area contributed by atoms with E-state index in [-0.39, 0.29) is 17.7 Å². The van der Waals surface area contributed by atoms with Crippen molar-refractivity contribution >= 4 is 11.8 Å². The zero-order valence-electron chi connectivity index (χ0n) is 9.50. The molecule has 1 N–H and O–H groups in total. The summed E-state index contributed by atoms with van der Waals surface area (Å²) < 4.78 is 4.95. The van der Waals surface area contributed by atoms with Crippen molar-refractivity contribution in [3.05, 3.63) is 23.0 Å². The molecule has 1 aromatic heterocycles. The summed E-state index contributed by atoms with van der Waals surface area (Å²) in [6, 6.07) is 0. The summed E-state index contributed by atoms with van der Waals surface area (Å²) in [5.74, 6) is -0.0278. The second kappa shape index (κ2) is 4.12. The standard InChI is InChI=1S/C12H15NO3/c1-7-5-13-10-3-9(6-16-8(2)14)4-11(15)12(7)10/h5,9,13H,3-4,6H2,1-2H3. The minimum atomic E-state index is -0.291. The lowest BCUT2D eigenvalue weighted by Crippen LogP contribution is -2.24. The van der Waals surface area contributed by atoms with E-state index in [1.807, 2.05) is 13.1 Å². The number of Topliss-reactive ketones (excluding diaryl/α,β-unsaturated/α-hetero) is 1. The van der Waals surface area contributed by atoms with Crippen LogP contribution in [0.5, 0.6) is 0 Å². The molecule has 1 heterocycles. The number of hydrogen-bond donors (Lipinski definition) is 1. The molecular formula is C12H15NO3. The second-order valence-electron chi connectivity index (χ2n) is 4.33. The first kappa shape index (κ1) is 10.9. The van der Waals surface area contributed by atoms with E-state index < -0.39 is 0 Å². The molecule has 4 nitrogen and oxygen atoms in total. The van der Waals surface area contributed by atoms with Crippen molar-refractivity contribution in [3.63, 3.8) is 0 Å². The Hall–Kier alpha value is -1.58. The van der Waals surface area contributed by atoms with Gasteiger partial charge in [-0.3, -0.25) is 9.59 Å². The highest BCUT2D eigenvalue weighted by molar-refractivity contribution is 5.99. The van der Waals surface area contributed by atoms with E-state index in [2.05, 4.69) is 4.98 Å². The van der Waals surface area contributed by atoms with Crippen molar-refractivity contribution in [2.45, 2.75) is 26.7 Å². The Bertz CT molecular complexity index is 433. The van der Waals surface area contributed by atoms with Crippen LogP contribution in [0.1, 0.15) is 35.0 Å². The molecule has 0 saturated heterocycles. The number of aromatic nitrogens is 1. The molecule has 0 radical (unpaired) electrons. The Morgan fingerprint density at radius 1 is 1.56 bits per heavy atom. The minimum Gasteiger partial charge on any atom is -0.466 e. The molecule has 86 valence electrons. The molecule has 1 aliphatic carbocycles. The van der Waals surface area contributed by atoms with Gasteiger partial charge < -0.3 is 9.72 Å². The average molecular weight is 221 g/mol. The molecule has 0 amide bonds. The summed E-state index contributed by atoms with van der Waals surface area (Å²) in [5.41, 5.74) is 2.82. The zero-order valence-corrected chi connectivity index (χ0v) is 9.50. The number of aromatic amines is 1. The van der Waals surface area contributed by atoms with Crippen LogP contribution in [0.4, 0.5) is 0 Å². The third-order valence-corrected chi connectivity index (χ3v) is 2.93. The first-order valence-corrected chi connectivity index (χ1v) is 5.41. The van der Waals surface area contributed by atoms with Crippen LogP contribution in [0.2, 0.25) is 0 Å². The van der Waals surface area contributed by atoms with Gasteiger partial charge in [-0.15, -0.1) is 0 Å². The van der Waals surface area contributed by atoms with Gasteiger partial charge in [0.05, 0.1) is 6.61 Å². The van der Waals surface area contributed by atoms with E-state index in [0.717, 1.165) is 23.2 Å². The Morgan fingerprint density at radius 3 is 3.00 bits per heavy atom. The summed E-state index contributed by atoms with van der Waals surface area (Å²) in [7, 11) is 0. The molecule has 1 aliphatic rings. The molecular weight excluding hydrogens is 206 g/mol. The fourth-order valence-electron chi connectivity index (χ4n) is 2.21. The number of carbonyl (C=O) groups is 2. The molecule has 0 aromatic carbocycles. The van der Waals surface area contributed by atoms with Crippen molar-refractivity contribution in [1.29, 1.82) is 0 Å². The maximum Gasteiger partial charge on any atom is 0.302 e. The summed E-state index contributed by atoms with van der Waals surface area (Å²) in [6.45, 7) is 3.65. The average Bonchev–Trinajstić information content (AvgIpc) is 2.58. The van der Waals surface area contributed by atoms with E-state index in [0.29, 0.717) is 13.0 Å². The molecule has 0 bridgehead atoms. The van der Waals surface area contributed by atoms with Gasteiger partial charge in [-0.25, -0.2) is 0 Å². The molecule has 1 unspecified atom stereocenters. The lowest BCUT2D eigenvalue weighted by atomic mass is 9.86. The van der Waals surface area contributed by atoms with Crippen molar-refractivity contribution in [1.82, 2.24) is 4.98 Å². The Labute approximate surface area is 94.0 Å². The van der Waals surface area contributed by atoms with Crippen LogP contribution >= 0.6 is 0 Å². The summed E-state index contributed by atoms with van der Waals surface area (Å²) in [6.07, 6.45) is 3.11. The van der Waals surface area contributed by atoms with E-state index >= 15 is 0 Å². The van der Waals surface area contributed by atoms with Crippen LogP contribution in [0.15, 0.2) is 6.20 Å². The van der Waals surface area contributed by atoms with Gasteiger partial charge in [-0.05, 0) is 18.9 Å². The third kappa shape index (κ3) is 2.01. The molecule has 1 atom stereocenters. The quantitative estimate of drug-likeness (QED) is 0.772. The summed E-state index contributed by atoms with van der Waals surface area (Å²) in [5, 5.41) is 0. The monoisotopic (exact) mass is 221 g/mol. The minimum absolute atomic E-state index is 0.113. The van der Waals surface area contributed by atoms with E-state index in [1.54, 1.807) is 0 Å². The summed E-state index contributed by atoms with van der Waals surface area (Å²) >= 11 is 0. The molecule has 0 saturated carbocycles. The van der Waals surface area contributed by atoms with E-state index in [9.17, 15) is 9.59 Å². The SMILES string of the molecule is CC(=O)OCC1CC(=O)c2c(C)c[nH]c2C1. The molecule has 0 spiro atoms. The Balaban J connectivity index is 2.10. The molecule has 16 heavy (non-hydrogen) atoms. The second-order valence-corrected chi connectivity index (χ2v) is 4.33. The first-order chi connectivity index (χ1) is 7.58. The summed E-state index contributed by atoms with van der Waals surface area (Å²) in [4.78, 5) is 25.7. The van der Waals surface area contributed by atoms with Gasteiger partial charge in [0.1, 0.15) is 0 Å². The van der Waals surface area contributed by atoms with Crippen LogP contribution in [0.25, 0.3) is 0 Å². The lowest BCUT2D eigenvalue weighted by molar-refractivity contribution is -0.142. The van der Waals surface area contributed by atoms with Crippen molar-refractivity contribution in [3.8, 4) is 0 Å². The van der Waals surface area contributed by atoms with Crippen molar-refractivity contribution in [2.24, 2.45) is 5.92 Å². The fraction of sp³-hybridized carbons (Fsp3) is 0.500. The molecule has 4 heteroatoms. The van der Waals surface area contributed by atoms with E-state index in [1.165, 1.54) is 6.92 Å². The highest BCUT2D eigenvalue weighted by Crippen LogP contribution is 2.27. The number of carbonyl (C=O) groups excluding carboxylic acids is 2. The van der Waals surface area contributed by atoms with Crippen LogP contribution in [-0.2, 0) is 16.0 Å². The number of nitrogens with one attached hydrogen (secondary N) is 1. The highest BCUT2D eigenvalue weighted by atomic mass is 16.5. The predicted molar refractivity (Wildman–Crippen MR) is 58.3 cm³/mol. The van der Waals surface area contributed by atoms with Crippen molar-refractivity contribution < 1.29 is 14.3 Å². The number of fused-ring (bicyclic) bond motifs is 1. The lowest BCUT2D eigenvalue weighted by Gasteiger charge is -2.21. The van der Waals surface area contributed by atoms with Gasteiger partial charge in [0.25, 0.3) is 0 Å². The maximum atomic E-state index is 11.9. The predicted octanol–water partition coefficient (Wildman–Crippen LogP) is 1.63. The molecule has 1 aromatic rings. The maximum absolute atomic E-state index is 11.9.